The molecule has 3 aromatic heterocycles. The Morgan fingerprint density at radius 2 is 1.84 bits per heavy atom. The molecule has 1 aromatic carbocycles. The van der Waals surface area contributed by atoms with Crippen LogP contribution in [0.15, 0.2) is 35.8 Å². The molecule has 4 aliphatic rings. The summed E-state index contributed by atoms with van der Waals surface area (Å²) in [7, 11) is 3.88. The van der Waals surface area contributed by atoms with Crippen LogP contribution in [0.1, 0.15) is 69.3 Å². The molecule has 6 bridgehead atoms. The normalized spacial score (nSPS) is 22.4. The Balaban J connectivity index is 0.00000218. The molecular weight excluding hydrogens is 927 g/mol. The summed E-state index contributed by atoms with van der Waals surface area (Å²) in [6.45, 7) is 13.5. The van der Waals surface area contributed by atoms with Crippen molar-refractivity contribution in [2.24, 2.45) is 17.3 Å². The number of nitrogens with one attached hydrogen (secondary N) is 2. The fourth-order valence-electron chi connectivity index (χ4n) is 8.74. The molecule has 2 amide bonds. The van der Waals surface area contributed by atoms with E-state index in [4.69, 9.17) is 19.4 Å². The van der Waals surface area contributed by atoms with Crippen molar-refractivity contribution in [2.45, 2.75) is 84.5 Å². The molecule has 1 saturated carbocycles. The van der Waals surface area contributed by atoms with Gasteiger partial charge in [-0.15, -0.1) is 11.3 Å². The highest BCUT2D eigenvalue weighted by Crippen LogP contribution is 2.43. The van der Waals surface area contributed by atoms with Crippen LogP contribution in [0.2, 0.25) is 0 Å². The van der Waals surface area contributed by atoms with Gasteiger partial charge in [0.25, 0.3) is 5.91 Å². The summed E-state index contributed by atoms with van der Waals surface area (Å²) >= 11 is 1.45. The molecule has 2 N–H and O–H groups in total. The molecule has 4 aromatic rings. The number of hydrogen-bond acceptors (Lipinski definition) is 12. The molecule has 0 spiro atoms. The van der Waals surface area contributed by atoms with Crippen LogP contribution in [0.25, 0.3) is 33.4 Å². The number of methoxy groups -OCH3 is 1. The molecule has 6 heterocycles. The predicted molar refractivity (Wildman–Crippen MR) is 278 cm³/mol. The van der Waals surface area contributed by atoms with E-state index in [2.05, 4.69) is 83.3 Å². The van der Waals surface area contributed by atoms with Crippen LogP contribution in [0.5, 0.6) is 0 Å². The van der Waals surface area contributed by atoms with Gasteiger partial charge in [-0.05, 0) is 70.3 Å². The van der Waals surface area contributed by atoms with Crippen molar-refractivity contribution in [1.29, 1.82) is 5.26 Å². The first kappa shape index (κ1) is 55.2. The number of anilines is 1. The highest BCUT2D eigenvalue weighted by atomic mass is 32.1. The van der Waals surface area contributed by atoms with E-state index in [9.17, 15) is 19.6 Å². The molecule has 5 atom stereocenters. The van der Waals surface area contributed by atoms with Gasteiger partial charge in [-0.1, -0.05) is 19.9 Å². The second-order valence-electron chi connectivity index (χ2n) is 17.3. The highest BCUT2D eigenvalue weighted by Gasteiger charge is 2.45. The average molecular weight is 992 g/mol. The molecular formula is C44H65N9O5S6. The number of ether oxygens (including phenoxy) is 2. The van der Waals surface area contributed by atoms with E-state index in [-0.39, 0.29) is 104 Å². The smallest absolute Gasteiger partial charge is 0.324 e. The van der Waals surface area contributed by atoms with Gasteiger partial charge >= 0.3 is 5.97 Å². The summed E-state index contributed by atoms with van der Waals surface area (Å²) in [4.78, 5) is 56.1. The van der Waals surface area contributed by atoms with Crippen LogP contribution in [0.4, 0.5) is 5.69 Å². The average Bonchev–Trinajstić information content (AvgIpc) is 3.80. The lowest BCUT2D eigenvalue weighted by molar-refractivity contribution is -0.155. The molecule has 0 radical (unpaired) electrons. The maximum absolute atomic E-state index is 14.1. The third-order valence-electron chi connectivity index (χ3n) is 12.4. The summed E-state index contributed by atoms with van der Waals surface area (Å²) in [5.74, 6) is -1.87. The Morgan fingerprint density at radius 3 is 2.52 bits per heavy atom. The van der Waals surface area contributed by atoms with Gasteiger partial charge in [0.05, 0.1) is 64.6 Å². The molecule has 2 saturated heterocycles. The lowest BCUT2D eigenvalue weighted by atomic mass is 9.84. The minimum absolute atomic E-state index is 0. The Bertz CT molecular complexity index is 2310. The van der Waals surface area contributed by atoms with E-state index in [1.807, 2.05) is 18.5 Å². The van der Waals surface area contributed by atoms with Gasteiger partial charge in [0.1, 0.15) is 12.1 Å². The number of nitriles is 1. The molecule has 20 heteroatoms. The number of hydrogen-bond donors (Lipinski definition) is 2. The first-order chi connectivity index (χ1) is 28.4. The predicted octanol–water partition coefficient (Wildman–Crippen LogP) is 5.68. The second-order valence-corrected chi connectivity index (χ2v) is 18.3. The van der Waals surface area contributed by atoms with E-state index < -0.39 is 29.4 Å². The third kappa shape index (κ3) is 11.5. The Labute approximate surface area is 415 Å². The van der Waals surface area contributed by atoms with Crippen LogP contribution < -0.4 is 15.6 Å². The van der Waals surface area contributed by atoms with E-state index in [0.717, 1.165) is 76.5 Å². The van der Waals surface area contributed by atoms with Crippen molar-refractivity contribution in [2.75, 3.05) is 58.4 Å². The number of hydrazine groups is 1. The second kappa shape index (κ2) is 23.1. The Hall–Kier alpha value is -3.13. The van der Waals surface area contributed by atoms with E-state index >= 15 is 0 Å². The van der Waals surface area contributed by atoms with Gasteiger partial charge in [-0.3, -0.25) is 24.4 Å². The highest BCUT2D eigenvalue weighted by molar-refractivity contribution is 7.60. The number of rotatable bonds is 7. The minimum Gasteiger partial charge on any atom is -0.464 e. The van der Waals surface area contributed by atoms with Crippen molar-refractivity contribution in [3.63, 3.8) is 0 Å². The van der Waals surface area contributed by atoms with Gasteiger partial charge < -0.3 is 29.2 Å². The first-order valence-corrected chi connectivity index (χ1v) is 21.8. The number of aromatic nitrogens is 3. The first-order valence-electron chi connectivity index (χ1n) is 20.9. The number of nitrogens with zero attached hydrogens (tertiary/aromatic N) is 7. The van der Waals surface area contributed by atoms with Gasteiger partial charge in [0, 0.05) is 85.6 Å². The lowest BCUT2D eigenvalue weighted by Crippen LogP contribution is -2.60. The monoisotopic (exact) mass is 991 g/mol. The molecule has 1 aliphatic carbocycles. The molecule has 352 valence electrons. The van der Waals surface area contributed by atoms with Gasteiger partial charge in [0.2, 0.25) is 5.91 Å². The molecule has 0 unspecified atom stereocenters. The molecule has 14 nitrogen and oxygen atoms in total. The summed E-state index contributed by atoms with van der Waals surface area (Å²) < 4.78 is 14.4. The number of likely N-dealkylation sites (N-methyl/N-ethyl adjacent to an activating group) is 1. The van der Waals surface area contributed by atoms with Crippen molar-refractivity contribution >= 4 is 113 Å². The number of piperazine rings is 1. The van der Waals surface area contributed by atoms with Crippen LogP contribution in [0.3, 0.4) is 0 Å². The number of thiazole rings is 1. The maximum Gasteiger partial charge on any atom is 0.324 e. The quantitative estimate of drug-likeness (QED) is 0.220. The van der Waals surface area contributed by atoms with E-state index in [1.54, 1.807) is 7.11 Å². The fourth-order valence-corrected chi connectivity index (χ4v) is 9.59. The van der Waals surface area contributed by atoms with Crippen LogP contribution in [-0.2, 0) is 43.2 Å². The molecule has 64 heavy (non-hydrogen) atoms. The lowest BCUT2D eigenvalue weighted by Gasteiger charge is -2.35. The largest absolute Gasteiger partial charge is 0.464 e. The van der Waals surface area contributed by atoms with Gasteiger partial charge in [-0.25, -0.2) is 10.4 Å². The minimum atomic E-state index is -0.935. The van der Waals surface area contributed by atoms with Crippen molar-refractivity contribution in [1.82, 2.24) is 35.2 Å². The third-order valence-corrected chi connectivity index (χ3v) is 13.3. The summed E-state index contributed by atoms with van der Waals surface area (Å²) in [6.07, 6.45) is 4.06. The van der Waals surface area contributed by atoms with Crippen molar-refractivity contribution < 1.29 is 23.9 Å². The standard InChI is InChI=1S/C44H55N9O5S.5H2S/c1-7-52-37-11-10-27-17-31(37)33(40(52)32-19-29(23-46-39(32)26(2)57-6)51-15-13-50(5)14-16-51)21-44(3,4)25-58-43(56)34-9-8-12-53(49-34)42(55)35(20-38-47-36(27)24-59-38)48-41(54)30-18-28(30)22-45;;;;;/h10-11,17,19,23-24,26,28,30,34-35,49H,7-9,12-16,18,20-21,25H2,1-6H3,(H,48,54);5*1H2/t26-,28+,30-,34-,35-;;;;;/m0...../s1. The number of fused-ring (bicyclic) bond motifs is 6. The zero-order valence-corrected chi connectivity index (χ0v) is 43.2. The topological polar surface area (TPSA) is 158 Å². The zero-order valence-electron chi connectivity index (χ0n) is 37.4. The molecule has 3 fully saturated rings. The number of aryl methyl sites for hydroxylation is 1. The zero-order chi connectivity index (χ0) is 41.6. The number of cyclic esters (lactones) is 1. The summed E-state index contributed by atoms with van der Waals surface area (Å²) in [5.41, 5.74) is 10.6. The van der Waals surface area contributed by atoms with Gasteiger partial charge in [0.15, 0.2) is 0 Å². The summed E-state index contributed by atoms with van der Waals surface area (Å²) in [5, 5.41) is 17.5. The Morgan fingerprint density at radius 1 is 1.11 bits per heavy atom. The fraction of sp³-hybridized carbons (Fsp3) is 0.545. The van der Waals surface area contributed by atoms with Crippen LogP contribution in [-0.4, -0.2) is 108 Å². The van der Waals surface area contributed by atoms with Crippen molar-refractivity contribution in [3.8, 4) is 28.6 Å². The van der Waals surface area contributed by atoms with Crippen molar-refractivity contribution in [3.05, 3.63) is 52.1 Å². The van der Waals surface area contributed by atoms with Crippen LogP contribution >= 0.6 is 78.8 Å². The number of carbonyl (C=O) groups is 3. The number of carbonyl (C=O) groups excluding carboxylic acids is 3. The molecule has 8 rings (SSSR count). The molecule has 3 aliphatic heterocycles. The maximum atomic E-state index is 14.1. The van der Waals surface area contributed by atoms with E-state index in [0.29, 0.717) is 43.8 Å². The number of amides is 2. The number of benzene rings is 1. The number of pyridine rings is 1. The Kier molecular flexibility index (Phi) is 19.9. The number of esters is 1. The van der Waals surface area contributed by atoms with E-state index in [1.165, 1.54) is 16.3 Å². The van der Waals surface area contributed by atoms with Crippen LogP contribution in [0, 0.1) is 28.6 Å². The SMILES string of the molecule is CCn1c(-c2cc(N3CCN(C)CC3)cnc2[C@H](C)OC)c2c3cc(ccc31)-c1csc(n1)C[C@H](NC(=O)[C@H]1C[C@@H]1C#N)C(=O)N1CCC[C@H](N1)C(=O)OCC(C)(C)C2.S.S.S.S.S. The van der Waals surface area contributed by atoms with Gasteiger partial charge in [-0.2, -0.15) is 72.7 Å². The summed E-state index contributed by atoms with van der Waals surface area (Å²) in [6, 6.07) is 9.26.